The topological polar surface area (TPSA) is 144 Å². The van der Waals surface area contributed by atoms with Gasteiger partial charge < -0.3 is 19.3 Å². The van der Waals surface area contributed by atoms with Gasteiger partial charge in [0, 0.05) is 12.1 Å². The highest BCUT2D eigenvalue weighted by atomic mass is 16.6. The van der Waals surface area contributed by atoms with E-state index in [2.05, 4.69) is 6.07 Å². The van der Waals surface area contributed by atoms with Crippen molar-refractivity contribution in [3.63, 3.8) is 0 Å². The lowest BCUT2D eigenvalue weighted by Gasteiger charge is -2.33. The highest BCUT2D eigenvalue weighted by Gasteiger charge is 2.45. The fraction of sp³-hybridized carbons (Fsp3) is 0.469. The van der Waals surface area contributed by atoms with Gasteiger partial charge >= 0.3 is 18.2 Å². The molecular weight excluding hydrogens is 552 g/mol. The third-order valence-corrected chi connectivity index (χ3v) is 7.15. The molecule has 3 aromatic rings. The van der Waals surface area contributed by atoms with Gasteiger partial charge in [-0.05, 0) is 97.2 Å². The van der Waals surface area contributed by atoms with E-state index >= 15 is 0 Å². The minimum Gasteiger partial charge on any atom is -0.496 e. The van der Waals surface area contributed by atoms with Crippen LogP contribution in [-0.2, 0) is 26.1 Å². The number of carbonyl (C=O) groups is 3. The molecule has 1 aromatic heterocycles. The van der Waals surface area contributed by atoms with Gasteiger partial charge in [-0.25, -0.2) is 19.1 Å². The number of ether oxygens (including phenoxy) is 3. The summed E-state index contributed by atoms with van der Waals surface area (Å²) in [6.07, 6.45) is -1.34. The summed E-state index contributed by atoms with van der Waals surface area (Å²) in [6.45, 7) is 14.4. The number of nitrogens with zero attached hydrogens (tertiary/aromatic N) is 4. The summed E-state index contributed by atoms with van der Waals surface area (Å²) >= 11 is 0. The number of carbonyl (C=O) groups excluding carboxylic acids is 2. The molecular formula is C32H38N4O7. The number of amides is 1. The van der Waals surface area contributed by atoms with Crippen LogP contribution in [0.3, 0.4) is 0 Å². The van der Waals surface area contributed by atoms with Crippen molar-refractivity contribution >= 4 is 34.9 Å². The van der Waals surface area contributed by atoms with Crippen molar-refractivity contribution < 1.29 is 33.7 Å². The van der Waals surface area contributed by atoms with Crippen LogP contribution >= 0.6 is 0 Å². The Kier molecular flexibility index (Phi) is 7.96. The molecule has 0 saturated heterocycles. The molecule has 2 aromatic carbocycles. The number of methoxy groups -OCH3 is 1. The summed E-state index contributed by atoms with van der Waals surface area (Å²) in [4.78, 5) is 45.9. The maximum atomic E-state index is 13.8. The molecule has 43 heavy (non-hydrogen) atoms. The Hall–Kier alpha value is -4.59. The van der Waals surface area contributed by atoms with Gasteiger partial charge in [0.25, 0.3) is 0 Å². The number of carboxylic acids is 1. The van der Waals surface area contributed by atoms with E-state index in [0.717, 1.165) is 5.56 Å². The SMILES string of the molecule is COc1cc(C)c2c(c1C(C)(CC(=O)O)c1nc3cc(C#N)ccc3n1C(=O)OC(C)(C)C)CCN2C(=O)OC(C)(C)C. The zero-order chi connectivity index (χ0) is 32.1. The number of aromatic nitrogens is 2. The zero-order valence-electron chi connectivity index (χ0n) is 26.1. The van der Waals surface area contributed by atoms with Crippen LogP contribution in [0.25, 0.3) is 11.0 Å². The van der Waals surface area contributed by atoms with Gasteiger partial charge in [0.1, 0.15) is 22.8 Å². The molecule has 2 heterocycles. The number of rotatable bonds is 5. The number of fused-ring (bicyclic) bond motifs is 2. The summed E-state index contributed by atoms with van der Waals surface area (Å²) in [7, 11) is 1.49. The summed E-state index contributed by atoms with van der Waals surface area (Å²) in [6, 6.07) is 8.53. The number of imidazole rings is 1. The Morgan fingerprint density at radius 2 is 1.65 bits per heavy atom. The van der Waals surface area contributed by atoms with Crippen LogP contribution in [0.2, 0.25) is 0 Å². The highest BCUT2D eigenvalue weighted by Crippen LogP contribution is 2.49. The average Bonchev–Trinajstić information content (AvgIpc) is 3.48. The lowest BCUT2D eigenvalue weighted by molar-refractivity contribution is -0.138. The van der Waals surface area contributed by atoms with Gasteiger partial charge in [-0.1, -0.05) is 0 Å². The Balaban J connectivity index is 2.07. The van der Waals surface area contributed by atoms with Gasteiger partial charge in [-0.3, -0.25) is 9.69 Å². The maximum absolute atomic E-state index is 13.8. The number of nitriles is 1. The third kappa shape index (κ3) is 6.00. The lowest BCUT2D eigenvalue weighted by Crippen LogP contribution is -2.37. The van der Waals surface area contributed by atoms with Crippen molar-refractivity contribution in [1.29, 1.82) is 5.26 Å². The first-order chi connectivity index (χ1) is 19.9. The Morgan fingerprint density at radius 3 is 2.21 bits per heavy atom. The van der Waals surface area contributed by atoms with Crippen molar-refractivity contribution in [3.05, 3.63) is 52.3 Å². The van der Waals surface area contributed by atoms with Crippen molar-refractivity contribution in [2.45, 2.75) is 84.8 Å². The summed E-state index contributed by atoms with van der Waals surface area (Å²) in [5, 5.41) is 19.8. The summed E-state index contributed by atoms with van der Waals surface area (Å²) in [5.41, 5.74) is 0.517. The molecule has 0 fully saturated rings. The van der Waals surface area contributed by atoms with E-state index < -0.39 is 41.2 Å². The standard InChI is InChI=1S/C32H38N4O7/c1-18-14-23(41-9)25(20-12-13-35(26(18)20)28(39)42-30(2,3)4)32(8,16-24(37)38)27-34-21-15-19(17-33)10-11-22(21)36(27)29(40)43-31(5,6)7/h10-11,14-15H,12-13,16H2,1-9H3,(H,37,38). The van der Waals surface area contributed by atoms with E-state index in [9.17, 15) is 24.8 Å². The molecule has 11 heteroatoms. The van der Waals surface area contributed by atoms with Crippen molar-refractivity contribution in [3.8, 4) is 11.8 Å². The van der Waals surface area contributed by atoms with Crippen molar-refractivity contribution in [1.82, 2.24) is 9.55 Å². The summed E-state index contributed by atoms with van der Waals surface area (Å²) < 4.78 is 18.6. The molecule has 1 amide bonds. The Morgan fingerprint density at radius 1 is 1.02 bits per heavy atom. The van der Waals surface area contributed by atoms with E-state index in [1.165, 1.54) is 11.7 Å². The van der Waals surface area contributed by atoms with Crippen LogP contribution in [0.1, 0.15) is 83.0 Å². The highest BCUT2D eigenvalue weighted by molar-refractivity contribution is 5.94. The number of aryl methyl sites for hydroxylation is 1. The third-order valence-electron chi connectivity index (χ3n) is 7.15. The van der Waals surface area contributed by atoms with Gasteiger partial charge in [-0.15, -0.1) is 0 Å². The molecule has 1 atom stereocenters. The number of hydrogen-bond acceptors (Lipinski definition) is 8. The fourth-order valence-electron chi connectivity index (χ4n) is 5.66. The molecule has 0 bridgehead atoms. The van der Waals surface area contributed by atoms with E-state index in [-0.39, 0.29) is 5.82 Å². The molecule has 228 valence electrons. The second-order valence-corrected chi connectivity index (χ2v) is 12.9. The molecule has 1 aliphatic rings. The van der Waals surface area contributed by atoms with E-state index in [4.69, 9.17) is 19.2 Å². The van der Waals surface area contributed by atoms with E-state index in [1.54, 1.807) is 77.6 Å². The molecule has 1 aliphatic heterocycles. The quantitative estimate of drug-likeness (QED) is 0.373. The molecule has 0 saturated carbocycles. The predicted molar refractivity (Wildman–Crippen MR) is 160 cm³/mol. The minimum atomic E-state index is -1.46. The number of hydrogen-bond donors (Lipinski definition) is 1. The number of aliphatic carboxylic acids is 1. The second kappa shape index (κ2) is 10.9. The fourth-order valence-corrected chi connectivity index (χ4v) is 5.66. The first kappa shape index (κ1) is 31.3. The molecule has 0 aliphatic carbocycles. The van der Waals surface area contributed by atoms with Crippen molar-refractivity contribution in [2.24, 2.45) is 0 Å². The smallest absolute Gasteiger partial charge is 0.420 e. The van der Waals surface area contributed by atoms with Gasteiger partial charge in [0.05, 0.1) is 47.3 Å². The van der Waals surface area contributed by atoms with Crippen LogP contribution in [0.5, 0.6) is 5.75 Å². The number of carboxylic acid groups (broad SMARTS) is 1. The first-order valence-corrected chi connectivity index (χ1v) is 14.0. The normalized spacial score (nSPS) is 14.6. The van der Waals surface area contributed by atoms with Gasteiger partial charge in [0.15, 0.2) is 0 Å². The predicted octanol–water partition coefficient (Wildman–Crippen LogP) is 6.09. The monoisotopic (exact) mass is 590 g/mol. The van der Waals surface area contributed by atoms with Crippen LogP contribution < -0.4 is 9.64 Å². The molecule has 0 spiro atoms. The largest absolute Gasteiger partial charge is 0.496 e. The first-order valence-electron chi connectivity index (χ1n) is 14.0. The molecule has 1 N–H and O–H groups in total. The van der Waals surface area contributed by atoms with Gasteiger partial charge in [-0.2, -0.15) is 5.26 Å². The number of benzene rings is 2. The Bertz CT molecular complexity index is 1670. The van der Waals surface area contributed by atoms with E-state index in [0.29, 0.717) is 52.1 Å². The van der Waals surface area contributed by atoms with E-state index in [1.807, 2.05) is 6.92 Å². The van der Waals surface area contributed by atoms with Crippen LogP contribution in [0.15, 0.2) is 24.3 Å². The average molecular weight is 591 g/mol. The minimum absolute atomic E-state index is 0.106. The molecule has 0 radical (unpaired) electrons. The Labute approximate surface area is 251 Å². The molecule has 4 rings (SSSR count). The zero-order valence-corrected chi connectivity index (χ0v) is 26.1. The molecule has 1 unspecified atom stereocenters. The lowest BCUT2D eigenvalue weighted by atomic mass is 9.74. The maximum Gasteiger partial charge on any atom is 0.420 e. The van der Waals surface area contributed by atoms with Crippen molar-refractivity contribution in [2.75, 3.05) is 18.6 Å². The van der Waals surface area contributed by atoms with Crippen LogP contribution in [0, 0.1) is 18.3 Å². The second-order valence-electron chi connectivity index (χ2n) is 12.9. The van der Waals surface area contributed by atoms with Crippen LogP contribution in [-0.4, -0.2) is 57.7 Å². The van der Waals surface area contributed by atoms with Crippen LogP contribution in [0.4, 0.5) is 15.3 Å². The number of anilines is 1. The van der Waals surface area contributed by atoms with Gasteiger partial charge in [0.2, 0.25) is 0 Å². The molecule has 11 nitrogen and oxygen atoms in total. The summed E-state index contributed by atoms with van der Waals surface area (Å²) in [5.74, 6) is -0.637.